The Bertz CT molecular complexity index is 622. The van der Waals surface area contributed by atoms with E-state index in [1.165, 1.54) is 19.2 Å². The predicted molar refractivity (Wildman–Crippen MR) is 75.6 cm³/mol. The molecular formula is C16H17FO3. The lowest BCUT2D eigenvalue weighted by molar-refractivity contribution is 0.0601. The molecule has 2 aromatic rings. The molecule has 0 aliphatic carbocycles. The maximum Gasteiger partial charge on any atom is 0.337 e. The standard InChI is InChI=1S/C16H17FO3/c1-3-4-7-20-13-8-11-5-6-12(16(18)19-2)9-14(11)15(17)10-13/h5-6,8-10H,3-4,7H2,1-2H3. The van der Waals surface area contributed by atoms with Gasteiger partial charge >= 0.3 is 5.97 Å². The molecule has 0 N–H and O–H groups in total. The molecule has 0 heterocycles. The van der Waals surface area contributed by atoms with Crippen LogP contribution in [-0.4, -0.2) is 19.7 Å². The van der Waals surface area contributed by atoms with Crippen LogP contribution in [0.5, 0.6) is 5.75 Å². The molecule has 0 bridgehead atoms. The third-order valence-corrected chi connectivity index (χ3v) is 3.07. The van der Waals surface area contributed by atoms with Gasteiger partial charge < -0.3 is 9.47 Å². The zero-order chi connectivity index (χ0) is 14.5. The molecule has 0 atom stereocenters. The summed E-state index contributed by atoms with van der Waals surface area (Å²) >= 11 is 0. The average Bonchev–Trinajstić information content (AvgIpc) is 2.46. The van der Waals surface area contributed by atoms with Gasteiger partial charge in [0.05, 0.1) is 19.3 Å². The Kier molecular flexibility index (Phi) is 4.56. The first-order valence-corrected chi connectivity index (χ1v) is 6.60. The van der Waals surface area contributed by atoms with Crippen LogP contribution >= 0.6 is 0 Å². The third kappa shape index (κ3) is 3.07. The highest BCUT2D eigenvalue weighted by atomic mass is 19.1. The summed E-state index contributed by atoms with van der Waals surface area (Å²) in [5, 5.41) is 1.08. The SMILES string of the molecule is CCCCOc1cc(F)c2cc(C(=O)OC)ccc2c1. The van der Waals surface area contributed by atoms with Crippen LogP contribution in [-0.2, 0) is 4.74 Å². The largest absolute Gasteiger partial charge is 0.493 e. The second kappa shape index (κ2) is 6.37. The molecule has 0 aliphatic rings. The van der Waals surface area contributed by atoms with Crippen molar-refractivity contribution in [2.24, 2.45) is 0 Å². The summed E-state index contributed by atoms with van der Waals surface area (Å²) in [6.07, 6.45) is 1.96. The van der Waals surface area contributed by atoms with Gasteiger partial charge in [-0.25, -0.2) is 9.18 Å². The molecule has 0 amide bonds. The second-order valence-electron chi connectivity index (χ2n) is 4.53. The van der Waals surface area contributed by atoms with Gasteiger partial charge in [0, 0.05) is 11.5 Å². The van der Waals surface area contributed by atoms with Gasteiger partial charge in [-0.1, -0.05) is 19.4 Å². The molecule has 0 fully saturated rings. The van der Waals surface area contributed by atoms with E-state index in [4.69, 9.17) is 4.74 Å². The normalized spacial score (nSPS) is 10.6. The third-order valence-electron chi connectivity index (χ3n) is 3.07. The van der Waals surface area contributed by atoms with Gasteiger partial charge in [-0.3, -0.25) is 0 Å². The van der Waals surface area contributed by atoms with Crippen molar-refractivity contribution in [1.29, 1.82) is 0 Å². The van der Waals surface area contributed by atoms with Gasteiger partial charge in [0.25, 0.3) is 0 Å². The van der Waals surface area contributed by atoms with E-state index >= 15 is 0 Å². The quantitative estimate of drug-likeness (QED) is 0.613. The van der Waals surface area contributed by atoms with Crippen LogP contribution in [0.25, 0.3) is 10.8 Å². The molecule has 2 aromatic carbocycles. The fourth-order valence-electron chi connectivity index (χ4n) is 1.95. The molecule has 0 spiro atoms. The fourth-order valence-corrected chi connectivity index (χ4v) is 1.95. The second-order valence-corrected chi connectivity index (χ2v) is 4.53. The van der Waals surface area contributed by atoms with E-state index in [1.54, 1.807) is 18.2 Å². The molecule has 0 unspecified atom stereocenters. The van der Waals surface area contributed by atoms with Gasteiger partial charge in [-0.2, -0.15) is 0 Å². The van der Waals surface area contributed by atoms with Crippen LogP contribution in [0.1, 0.15) is 30.1 Å². The number of hydrogen-bond acceptors (Lipinski definition) is 3. The summed E-state index contributed by atoms with van der Waals surface area (Å²) in [6, 6.07) is 7.92. The number of carbonyl (C=O) groups excluding carboxylic acids is 1. The Balaban J connectivity index is 2.34. The minimum Gasteiger partial charge on any atom is -0.493 e. The van der Waals surface area contributed by atoms with E-state index in [0.717, 1.165) is 12.8 Å². The van der Waals surface area contributed by atoms with E-state index in [1.807, 2.05) is 0 Å². The highest BCUT2D eigenvalue weighted by Crippen LogP contribution is 2.26. The topological polar surface area (TPSA) is 35.5 Å². The molecule has 0 aromatic heterocycles. The molecule has 2 rings (SSSR count). The van der Waals surface area contributed by atoms with Crippen LogP contribution in [0, 0.1) is 5.82 Å². The molecular weight excluding hydrogens is 259 g/mol. The van der Waals surface area contributed by atoms with E-state index in [9.17, 15) is 9.18 Å². The first kappa shape index (κ1) is 14.3. The Morgan fingerprint density at radius 3 is 2.75 bits per heavy atom. The lowest BCUT2D eigenvalue weighted by Gasteiger charge is -2.08. The van der Waals surface area contributed by atoms with Gasteiger partial charge in [0.2, 0.25) is 0 Å². The van der Waals surface area contributed by atoms with Gasteiger partial charge in [0.15, 0.2) is 0 Å². The Morgan fingerprint density at radius 2 is 2.05 bits per heavy atom. The van der Waals surface area contributed by atoms with E-state index in [0.29, 0.717) is 28.7 Å². The molecule has 4 heteroatoms. The predicted octanol–water partition coefficient (Wildman–Crippen LogP) is 3.94. The zero-order valence-electron chi connectivity index (χ0n) is 11.6. The van der Waals surface area contributed by atoms with E-state index in [-0.39, 0.29) is 0 Å². The highest BCUT2D eigenvalue weighted by Gasteiger charge is 2.10. The molecule has 0 saturated carbocycles. The number of esters is 1. The Labute approximate surface area is 117 Å². The van der Waals surface area contributed by atoms with Crippen LogP contribution < -0.4 is 4.74 Å². The number of rotatable bonds is 5. The van der Waals surface area contributed by atoms with E-state index in [2.05, 4.69) is 11.7 Å². The minimum atomic E-state index is -0.477. The van der Waals surface area contributed by atoms with Crippen molar-refractivity contribution in [2.45, 2.75) is 19.8 Å². The van der Waals surface area contributed by atoms with Gasteiger partial charge in [0.1, 0.15) is 11.6 Å². The lowest BCUT2D eigenvalue weighted by Crippen LogP contribution is -2.01. The Hall–Kier alpha value is -2.10. The number of carbonyl (C=O) groups is 1. The number of methoxy groups -OCH3 is 1. The maximum absolute atomic E-state index is 14.1. The monoisotopic (exact) mass is 276 g/mol. The van der Waals surface area contributed by atoms with Crippen molar-refractivity contribution < 1.29 is 18.7 Å². The first-order chi connectivity index (χ1) is 9.65. The number of ether oxygens (including phenoxy) is 2. The number of halogens is 1. The van der Waals surface area contributed by atoms with E-state index < -0.39 is 11.8 Å². The molecule has 20 heavy (non-hydrogen) atoms. The fraction of sp³-hybridized carbons (Fsp3) is 0.312. The van der Waals surface area contributed by atoms with Crippen molar-refractivity contribution in [2.75, 3.05) is 13.7 Å². The van der Waals surface area contributed by atoms with Crippen molar-refractivity contribution in [3.05, 3.63) is 41.7 Å². The van der Waals surface area contributed by atoms with Crippen molar-refractivity contribution in [1.82, 2.24) is 0 Å². The van der Waals surface area contributed by atoms with Crippen LogP contribution in [0.3, 0.4) is 0 Å². The minimum absolute atomic E-state index is 0.332. The lowest BCUT2D eigenvalue weighted by atomic mass is 10.1. The van der Waals surface area contributed by atoms with Crippen molar-refractivity contribution in [3.8, 4) is 5.75 Å². The molecule has 3 nitrogen and oxygen atoms in total. The molecule has 0 aliphatic heterocycles. The van der Waals surface area contributed by atoms with Crippen LogP contribution in [0.15, 0.2) is 30.3 Å². The van der Waals surface area contributed by atoms with Crippen molar-refractivity contribution >= 4 is 16.7 Å². The summed E-state index contributed by atoms with van der Waals surface area (Å²) < 4.78 is 24.2. The maximum atomic E-state index is 14.1. The van der Waals surface area contributed by atoms with Gasteiger partial charge in [-0.05, 0) is 30.0 Å². The highest BCUT2D eigenvalue weighted by molar-refractivity contribution is 5.95. The summed E-state index contributed by atoms with van der Waals surface area (Å²) in [5.74, 6) is -0.372. The van der Waals surface area contributed by atoms with Crippen LogP contribution in [0.4, 0.5) is 4.39 Å². The number of fused-ring (bicyclic) bond motifs is 1. The number of hydrogen-bond donors (Lipinski definition) is 0. The summed E-state index contributed by atoms with van der Waals surface area (Å²) in [5.41, 5.74) is 0.332. The van der Waals surface area contributed by atoms with Crippen LogP contribution in [0.2, 0.25) is 0 Å². The Morgan fingerprint density at radius 1 is 1.25 bits per heavy atom. The van der Waals surface area contributed by atoms with Gasteiger partial charge in [-0.15, -0.1) is 0 Å². The summed E-state index contributed by atoms with van der Waals surface area (Å²) in [6.45, 7) is 2.64. The average molecular weight is 276 g/mol. The smallest absolute Gasteiger partial charge is 0.337 e. The molecule has 106 valence electrons. The molecule has 0 radical (unpaired) electrons. The van der Waals surface area contributed by atoms with Crippen molar-refractivity contribution in [3.63, 3.8) is 0 Å². The number of benzene rings is 2. The summed E-state index contributed by atoms with van der Waals surface area (Å²) in [7, 11) is 1.30. The first-order valence-electron chi connectivity index (χ1n) is 6.60. The summed E-state index contributed by atoms with van der Waals surface area (Å²) in [4.78, 5) is 11.4. The molecule has 0 saturated heterocycles. The zero-order valence-corrected chi connectivity index (χ0v) is 11.6. The number of unbranched alkanes of at least 4 members (excludes halogenated alkanes) is 1.